The molecule has 0 aromatic heterocycles. The predicted molar refractivity (Wildman–Crippen MR) is 88.0 cm³/mol. The van der Waals surface area contributed by atoms with Gasteiger partial charge in [0.15, 0.2) is 6.04 Å². The number of rotatable bonds is 4. The number of carbonyl (C=O) groups excluding carboxylic acids is 2. The molecule has 2 aliphatic heterocycles. The monoisotopic (exact) mass is 330 g/mol. The van der Waals surface area contributed by atoms with E-state index in [-0.39, 0.29) is 6.61 Å². The summed E-state index contributed by atoms with van der Waals surface area (Å²) in [6.07, 6.45) is 3.60. The molecule has 24 heavy (non-hydrogen) atoms. The molecule has 6 heteroatoms. The number of amides is 1. The molecule has 0 N–H and O–H groups in total. The fourth-order valence-corrected chi connectivity index (χ4v) is 3.10. The molecule has 0 saturated carbocycles. The number of ether oxygens (including phenoxy) is 2. The van der Waals surface area contributed by atoms with Crippen molar-refractivity contribution in [3.05, 3.63) is 47.7 Å². The van der Waals surface area contributed by atoms with E-state index in [1.165, 1.54) is 12.0 Å². The Balaban J connectivity index is 1.66. The first-order chi connectivity index (χ1) is 11.7. The van der Waals surface area contributed by atoms with Crippen molar-refractivity contribution in [1.82, 2.24) is 9.80 Å². The van der Waals surface area contributed by atoms with Gasteiger partial charge in [-0.25, -0.2) is 9.59 Å². The van der Waals surface area contributed by atoms with Crippen LogP contribution < -0.4 is 0 Å². The van der Waals surface area contributed by atoms with Crippen molar-refractivity contribution < 1.29 is 19.1 Å². The van der Waals surface area contributed by atoms with Crippen LogP contribution in [0.25, 0.3) is 0 Å². The van der Waals surface area contributed by atoms with Gasteiger partial charge in [-0.2, -0.15) is 0 Å². The maximum absolute atomic E-state index is 12.5. The third-order valence-corrected chi connectivity index (χ3v) is 4.41. The minimum absolute atomic E-state index is 0.184. The smallest absolute Gasteiger partial charge is 0.411 e. The Bertz CT molecular complexity index is 623. The molecule has 0 unspecified atom stereocenters. The highest BCUT2D eigenvalue weighted by Gasteiger charge is 2.37. The minimum Gasteiger partial charge on any atom is -0.467 e. The molecule has 3 rings (SSSR count). The molecule has 1 fully saturated rings. The molecule has 2 aliphatic rings. The van der Waals surface area contributed by atoms with Gasteiger partial charge in [0.2, 0.25) is 0 Å². The molecule has 1 aromatic rings. The Hall–Kier alpha value is -2.50. The fourth-order valence-electron chi connectivity index (χ4n) is 3.10. The molecule has 0 radical (unpaired) electrons. The molecule has 128 valence electrons. The number of hydrogen-bond donors (Lipinski definition) is 0. The van der Waals surface area contributed by atoms with Crippen molar-refractivity contribution in [1.29, 1.82) is 0 Å². The van der Waals surface area contributed by atoms with Crippen LogP contribution >= 0.6 is 0 Å². The summed E-state index contributed by atoms with van der Waals surface area (Å²) < 4.78 is 10.2. The average Bonchev–Trinajstić information content (AvgIpc) is 3.29. The SMILES string of the molecule is COC(=O)[C@@H]1C=C(N2CCCC2)CN1C(=O)OCc1ccccc1. The van der Waals surface area contributed by atoms with Crippen molar-refractivity contribution in [3.63, 3.8) is 0 Å². The van der Waals surface area contributed by atoms with Crippen LogP contribution in [0, 0.1) is 0 Å². The number of methoxy groups -OCH3 is 1. The molecule has 0 bridgehead atoms. The van der Waals surface area contributed by atoms with Crippen LogP contribution in [0.2, 0.25) is 0 Å². The molecule has 1 saturated heterocycles. The fraction of sp³-hybridized carbons (Fsp3) is 0.444. The summed E-state index contributed by atoms with van der Waals surface area (Å²) in [5.74, 6) is -0.444. The van der Waals surface area contributed by atoms with Crippen molar-refractivity contribution >= 4 is 12.1 Å². The maximum Gasteiger partial charge on any atom is 0.411 e. The van der Waals surface area contributed by atoms with Gasteiger partial charge in [-0.05, 0) is 24.5 Å². The van der Waals surface area contributed by atoms with Crippen LogP contribution in [0.4, 0.5) is 4.79 Å². The maximum atomic E-state index is 12.5. The van der Waals surface area contributed by atoms with E-state index < -0.39 is 18.1 Å². The van der Waals surface area contributed by atoms with Gasteiger partial charge in [-0.1, -0.05) is 30.3 Å². The highest BCUT2D eigenvalue weighted by molar-refractivity contribution is 5.84. The van der Waals surface area contributed by atoms with E-state index in [1.54, 1.807) is 0 Å². The summed E-state index contributed by atoms with van der Waals surface area (Å²) in [7, 11) is 1.33. The van der Waals surface area contributed by atoms with E-state index >= 15 is 0 Å². The average molecular weight is 330 g/mol. The molecule has 1 amide bonds. The third kappa shape index (κ3) is 3.53. The summed E-state index contributed by atoms with van der Waals surface area (Å²) in [4.78, 5) is 28.1. The van der Waals surface area contributed by atoms with Crippen molar-refractivity contribution in [2.24, 2.45) is 0 Å². The van der Waals surface area contributed by atoms with Crippen LogP contribution in [-0.4, -0.2) is 54.6 Å². The van der Waals surface area contributed by atoms with Gasteiger partial charge < -0.3 is 14.4 Å². The van der Waals surface area contributed by atoms with Crippen LogP contribution in [0.5, 0.6) is 0 Å². The normalized spacial score (nSPS) is 20.0. The first-order valence-corrected chi connectivity index (χ1v) is 8.20. The van der Waals surface area contributed by atoms with Gasteiger partial charge in [-0.15, -0.1) is 0 Å². The van der Waals surface area contributed by atoms with Gasteiger partial charge in [0.1, 0.15) is 6.61 Å². The number of nitrogens with zero attached hydrogens (tertiary/aromatic N) is 2. The largest absolute Gasteiger partial charge is 0.467 e. The summed E-state index contributed by atoms with van der Waals surface area (Å²) in [5.41, 5.74) is 1.91. The molecule has 0 aliphatic carbocycles. The summed E-state index contributed by atoms with van der Waals surface area (Å²) in [6, 6.07) is 8.76. The van der Waals surface area contributed by atoms with E-state index in [0.717, 1.165) is 37.2 Å². The quantitative estimate of drug-likeness (QED) is 0.792. The lowest BCUT2D eigenvalue weighted by Crippen LogP contribution is -2.42. The highest BCUT2D eigenvalue weighted by atomic mass is 16.6. The van der Waals surface area contributed by atoms with Crippen molar-refractivity contribution in [2.45, 2.75) is 25.5 Å². The van der Waals surface area contributed by atoms with E-state index in [9.17, 15) is 9.59 Å². The number of carbonyl (C=O) groups is 2. The topological polar surface area (TPSA) is 59.1 Å². The summed E-state index contributed by atoms with van der Waals surface area (Å²) in [6.45, 7) is 2.50. The van der Waals surface area contributed by atoms with Gasteiger partial charge in [-0.3, -0.25) is 4.90 Å². The standard InChI is InChI=1S/C18H22N2O4/c1-23-17(21)16-11-15(19-9-5-6-10-19)12-20(16)18(22)24-13-14-7-3-2-4-8-14/h2-4,7-8,11,16H,5-6,9-10,12-13H2,1H3/t16-/m0/s1. The van der Waals surface area contributed by atoms with Crippen LogP contribution in [0.3, 0.4) is 0 Å². The lowest BCUT2D eigenvalue weighted by molar-refractivity contribution is -0.144. The predicted octanol–water partition coefficient (Wildman–Crippen LogP) is 2.16. The zero-order chi connectivity index (χ0) is 16.9. The minimum atomic E-state index is -0.714. The molecular formula is C18H22N2O4. The molecule has 0 spiro atoms. The van der Waals surface area contributed by atoms with Crippen LogP contribution in [0.15, 0.2) is 42.1 Å². The summed E-state index contributed by atoms with van der Waals surface area (Å²) >= 11 is 0. The Labute approximate surface area is 141 Å². The van der Waals surface area contributed by atoms with E-state index in [2.05, 4.69) is 4.90 Å². The Morgan fingerprint density at radius 2 is 1.88 bits per heavy atom. The molecule has 1 aromatic carbocycles. The second-order valence-electron chi connectivity index (χ2n) is 5.99. The number of hydrogen-bond acceptors (Lipinski definition) is 5. The van der Waals surface area contributed by atoms with Crippen LogP contribution in [0.1, 0.15) is 18.4 Å². The third-order valence-electron chi connectivity index (χ3n) is 4.41. The Kier molecular flexibility index (Phi) is 5.03. The van der Waals surface area contributed by atoms with Gasteiger partial charge >= 0.3 is 12.1 Å². The van der Waals surface area contributed by atoms with E-state index in [4.69, 9.17) is 9.47 Å². The van der Waals surface area contributed by atoms with Gasteiger partial charge in [0.05, 0.1) is 13.7 Å². The first-order valence-electron chi connectivity index (χ1n) is 8.20. The van der Waals surface area contributed by atoms with Gasteiger partial charge in [0, 0.05) is 18.8 Å². The summed E-state index contributed by atoms with van der Waals surface area (Å²) in [5, 5.41) is 0. The molecular weight excluding hydrogens is 308 g/mol. The van der Waals surface area contributed by atoms with Crippen molar-refractivity contribution in [3.8, 4) is 0 Å². The van der Waals surface area contributed by atoms with Crippen molar-refractivity contribution in [2.75, 3.05) is 26.7 Å². The lowest BCUT2D eigenvalue weighted by Gasteiger charge is -2.24. The zero-order valence-electron chi connectivity index (χ0n) is 13.8. The molecule has 2 heterocycles. The Morgan fingerprint density at radius 1 is 1.17 bits per heavy atom. The molecule has 1 atom stereocenters. The number of benzene rings is 1. The first kappa shape index (κ1) is 16.4. The number of likely N-dealkylation sites (tertiary alicyclic amines) is 1. The van der Waals surface area contributed by atoms with Gasteiger partial charge in [0.25, 0.3) is 0 Å². The lowest BCUT2D eigenvalue weighted by atomic mass is 10.2. The second kappa shape index (κ2) is 7.38. The van der Waals surface area contributed by atoms with E-state index in [0.29, 0.717) is 6.54 Å². The number of esters is 1. The zero-order valence-corrected chi connectivity index (χ0v) is 13.8. The van der Waals surface area contributed by atoms with E-state index in [1.807, 2.05) is 36.4 Å². The van der Waals surface area contributed by atoms with Crippen LogP contribution in [-0.2, 0) is 20.9 Å². The Morgan fingerprint density at radius 3 is 2.54 bits per heavy atom. The highest BCUT2D eigenvalue weighted by Crippen LogP contribution is 2.25. The second-order valence-corrected chi connectivity index (χ2v) is 5.99. The molecule has 6 nitrogen and oxygen atoms in total.